The monoisotopic (exact) mass is 518 g/mol. The molecule has 36 heavy (non-hydrogen) atoms. The van der Waals surface area contributed by atoms with Gasteiger partial charge in [0.1, 0.15) is 18.1 Å². The van der Waals surface area contributed by atoms with Gasteiger partial charge in [0.2, 0.25) is 17.7 Å². The third-order valence-corrected chi connectivity index (χ3v) is 4.93. The number of amides is 3. The van der Waals surface area contributed by atoms with E-state index in [4.69, 9.17) is 28.0 Å². The van der Waals surface area contributed by atoms with Crippen LogP contribution in [0.25, 0.3) is 0 Å². The van der Waals surface area contributed by atoms with Gasteiger partial charge in [-0.1, -0.05) is 0 Å². The average molecular weight is 519 g/mol. The maximum absolute atomic E-state index is 12.9. The number of hydrogen-bond donors (Lipinski definition) is 10. The third-order valence-electron chi connectivity index (χ3n) is 4.93. The summed E-state index contributed by atoms with van der Waals surface area (Å²) in [5, 5.41) is 35.1. The largest absolute Gasteiger partial charge is 0.481 e. The fourth-order valence-electron chi connectivity index (χ4n) is 3.00. The van der Waals surface area contributed by atoms with Gasteiger partial charge in [0.25, 0.3) is 0 Å². The highest BCUT2D eigenvalue weighted by Crippen LogP contribution is 2.05. The van der Waals surface area contributed by atoms with E-state index in [9.17, 15) is 34.2 Å². The summed E-state index contributed by atoms with van der Waals surface area (Å²) in [7, 11) is 0. The average Bonchev–Trinajstić information content (AvgIpc) is 2.77. The van der Waals surface area contributed by atoms with Crippen molar-refractivity contribution in [1.29, 1.82) is 0 Å². The fourth-order valence-corrected chi connectivity index (χ4v) is 3.00. The molecule has 5 unspecified atom stereocenters. The summed E-state index contributed by atoms with van der Waals surface area (Å²) in [6, 6.07) is -5.57. The van der Waals surface area contributed by atoms with Gasteiger partial charge in [-0.05, 0) is 45.6 Å². The molecule has 0 aliphatic carbocycles. The number of aliphatic hydroxyl groups excluding tert-OH is 1. The molecule has 0 heterocycles. The second kappa shape index (κ2) is 17.0. The van der Waals surface area contributed by atoms with Crippen molar-refractivity contribution < 1.29 is 39.3 Å². The van der Waals surface area contributed by atoms with Crippen molar-refractivity contribution in [2.45, 2.75) is 75.7 Å². The third kappa shape index (κ3) is 13.4. The molecule has 0 fully saturated rings. The molecule has 14 N–H and O–H groups in total. The number of aliphatic hydroxyl groups is 1. The van der Waals surface area contributed by atoms with E-state index in [0.717, 1.165) is 0 Å². The van der Waals surface area contributed by atoms with Crippen LogP contribution in [0.1, 0.15) is 45.4 Å². The Hall–Kier alpha value is -3.50. The Morgan fingerprint density at radius 2 is 1.44 bits per heavy atom. The van der Waals surface area contributed by atoms with Crippen LogP contribution in [-0.4, -0.2) is 94.3 Å². The Morgan fingerprint density at radius 3 is 1.94 bits per heavy atom. The number of guanidine groups is 1. The van der Waals surface area contributed by atoms with E-state index in [2.05, 4.69) is 20.9 Å². The molecule has 16 heteroatoms. The Balaban J connectivity index is 5.50. The van der Waals surface area contributed by atoms with E-state index in [-0.39, 0.29) is 31.8 Å². The number of nitrogens with two attached hydrogens (primary N) is 4. The topological polar surface area (TPSA) is 299 Å². The van der Waals surface area contributed by atoms with E-state index in [1.165, 1.54) is 6.92 Å². The number of aliphatic imine (C=N–C) groups is 1. The number of nitrogens with zero attached hydrogens (tertiary/aromatic N) is 1. The van der Waals surface area contributed by atoms with Crippen molar-refractivity contribution >= 4 is 35.6 Å². The summed E-state index contributed by atoms with van der Waals surface area (Å²) < 4.78 is 0. The standard InChI is InChI=1S/C20H38N8O8/c1-10(29)15(18(34)27-13(19(35)36)5-2-3-7-21)28-17(33)12(6-4-8-25-20(23)24)26-16(32)11(22)9-14(30)31/h10-13,15,29H,2-9,21-22H2,1H3,(H,26,32)(H,27,34)(H,28,33)(H,30,31)(H,35,36)(H4,23,24,25). The maximum Gasteiger partial charge on any atom is 0.326 e. The van der Waals surface area contributed by atoms with E-state index in [1.807, 2.05) is 0 Å². The highest BCUT2D eigenvalue weighted by Gasteiger charge is 2.32. The molecule has 3 amide bonds. The van der Waals surface area contributed by atoms with E-state index in [1.54, 1.807) is 0 Å². The number of rotatable bonds is 18. The van der Waals surface area contributed by atoms with Gasteiger partial charge >= 0.3 is 11.9 Å². The molecule has 0 aromatic heterocycles. The summed E-state index contributed by atoms with van der Waals surface area (Å²) in [5.74, 6) is -5.58. The van der Waals surface area contributed by atoms with Gasteiger partial charge in [0.15, 0.2) is 5.96 Å². The molecule has 0 aliphatic rings. The Bertz CT molecular complexity index is 788. The molecule has 0 aromatic rings. The molecule has 0 spiro atoms. The van der Waals surface area contributed by atoms with Gasteiger partial charge in [-0.2, -0.15) is 0 Å². The molecule has 0 bridgehead atoms. The summed E-state index contributed by atoms with van der Waals surface area (Å²) in [6.45, 7) is 1.66. The van der Waals surface area contributed by atoms with Crippen LogP contribution in [0.4, 0.5) is 0 Å². The van der Waals surface area contributed by atoms with Gasteiger partial charge in [-0.3, -0.25) is 24.2 Å². The van der Waals surface area contributed by atoms with Crippen LogP contribution < -0.4 is 38.9 Å². The van der Waals surface area contributed by atoms with Crippen molar-refractivity contribution in [2.75, 3.05) is 13.1 Å². The van der Waals surface area contributed by atoms with Crippen LogP contribution in [0.3, 0.4) is 0 Å². The van der Waals surface area contributed by atoms with Gasteiger partial charge in [0.05, 0.1) is 18.6 Å². The highest BCUT2D eigenvalue weighted by molar-refractivity contribution is 5.95. The van der Waals surface area contributed by atoms with E-state index >= 15 is 0 Å². The molecule has 0 saturated carbocycles. The van der Waals surface area contributed by atoms with Crippen LogP contribution >= 0.6 is 0 Å². The van der Waals surface area contributed by atoms with Crippen LogP contribution in [0, 0.1) is 0 Å². The first-order chi connectivity index (χ1) is 16.8. The number of hydrogen-bond acceptors (Lipinski definition) is 9. The van der Waals surface area contributed by atoms with Crippen LogP contribution in [-0.2, 0) is 24.0 Å². The quantitative estimate of drug-likeness (QED) is 0.0470. The van der Waals surface area contributed by atoms with E-state index < -0.39 is 66.4 Å². The lowest BCUT2D eigenvalue weighted by Gasteiger charge is -2.26. The molecule has 0 aliphatic heterocycles. The Morgan fingerprint density at radius 1 is 0.861 bits per heavy atom. The summed E-state index contributed by atoms with van der Waals surface area (Å²) in [5.41, 5.74) is 21.4. The zero-order valence-electron chi connectivity index (χ0n) is 20.2. The minimum Gasteiger partial charge on any atom is -0.481 e. The smallest absolute Gasteiger partial charge is 0.326 e. The zero-order chi connectivity index (χ0) is 27.8. The van der Waals surface area contributed by atoms with Gasteiger partial charge < -0.3 is 54.2 Å². The number of carbonyl (C=O) groups excluding carboxylic acids is 3. The van der Waals surface area contributed by atoms with Crippen molar-refractivity contribution in [1.82, 2.24) is 16.0 Å². The number of carbonyl (C=O) groups is 5. The van der Waals surface area contributed by atoms with Crippen molar-refractivity contribution in [3.63, 3.8) is 0 Å². The number of nitrogens with one attached hydrogen (secondary N) is 3. The molecular formula is C20H38N8O8. The molecule has 0 rings (SSSR count). The summed E-state index contributed by atoms with van der Waals surface area (Å²) in [4.78, 5) is 64.0. The Kier molecular flexibility index (Phi) is 15.4. The van der Waals surface area contributed by atoms with Crippen molar-refractivity contribution in [2.24, 2.45) is 27.9 Å². The molecule has 5 atom stereocenters. The van der Waals surface area contributed by atoms with Crippen LogP contribution in [0.15, 0.2) is 4.99 Å². The summed E-state index contributed by atoms with van der Waals surface area (Å²) >= 11 is 0. The fraction of sp³-hybridized carbons (Fsp3) is 0.700. The minimum absolute atomic E-state index is 0.0286. The first-order valence-electron chi connectivity index (χ1n) is 11.3. The minimum atomic E-state index is -1.56. The molecule has 206 valence electrons. The normalized spacial score (nSPS) is 14.9. The maximum atomic E-state index is 12.9. The highest BCUT2D eigenvalue weighted by atomic mass is 16.4. The molecule has 0 aromatic carbocycles. The number of carboxylic acids is 2. The lowest BCUT2D eigenvalue weighted by molar-refractivity contribution is -0.143. The first kappa shape index (κ1) is 32.5. The number of carboxylic acid groups (broad SMARTS) is 2. The second-order valence-corrected chi connectivity index (χ2v) is 8.13. The molecular weight excluding hydrogens is 480 g/mol. The number of unbranched alkanes of at least 4 members (excludes halogenated alkanes) is 1. The lowest BCUT2D eigenvalue weighted by atomic mass is 10.1. The predicted octanol–water partition coefficient (Wildman–Crippen LogP) is -4.11. The number of aliphatic carboxylic acids is 2. The first-order valence-corrected chi connectivity index (χ1v) is 11.3. The van der Waals surface area contributed by atoms with E-state index in [0.29, 0.717) is 19.4 Å². The van der Waals surface area contributed by atoms with Gasteiger partial charge in [-0.15, -0.1) is 0 Å². The van der Waals surface area contributed by atoms with Gasteiger partial charge in [-0.25, -0.2) is 4.79 Å². The second-order valence-electron chi connectivity index (χ2n) is 8.13. The predicted molar refractivity (Wildman–Crippen MR) is 128 cm³/mol. The zero-order valence-corrected chi connectivity index (χ0v) is 20.2. The molecule has 0 saturated heterocycles. The summed E-state index contributed by atoms with van der Waals surface area (Å²) in [6.07, 6.45) is -0.879. The van der Waals surface area contributed by atoms with Crippen LogP contribution in [0.2, 0.25) is 0 Å². The molecule has 16 nitrogen and oxygen atoms in total. The van der Waals surface area contributed by atoms with Crippen LogP contribution in [0.5, 0.6) is 0 Å². The van der Waals surface area contributed by atoms with Crippen molar-refractivity contribution in [3.05, 3.63) is 0 Å². The lowest BCUT2D eigenvalue weighted by Crippen LogP contribution is -2.59. The van der Waals surface area contributed by atoms with Gasteiger partial charge in [0, 0.05) is 6.54 Å². The molecule has 0 radical (unpaired) electrons. The van der Waals surface area contributed by atoms with Crippen molar-refractivity contribution in [3.8, 4) is 0 Å². The Labute approximate surface area is 208 Å². The SMILES string of the molecule is CC(O)C(NC(=O)C(CCCN=C(N)N)NC(=O)C(N)CC(=O)O)C(=O)NC(CCCCN)C(=O)O.